The number of rotatable bonds is 8. The maximum Gasteiger partial charge on any atom is 0.264 e. The monoisotopic (exact) mass is 438 g/mol. The van der Waals surface area contributed by atoms with Gasteiger partial charge < -0.3 is 10.1 Å². The Hall–Kier alpha value is -3.32. The Kier molecular flexibility index (Phi) is 6.97. The van der Waals surface area contributed by atoms with Crippen molar-refractivity contribution in [2.24, 2.45) is 0 Å². The molecule has 1 amide bonds. The number of nitrogens with one attached hydrogen (secondary N) is 1. The van der Waals surface area contributed by atoms with Crippen molar-refractivity contribution < 1.29 is 17.9 Å². The predicted octanol–water partition coefficient (Wildman–Crippen LogP) is 4.02. The minimum absolute atomic E-state index is 0.196. The first-order valence-electron chi connectivity index (χ1n) is 9.92. The molecule has 0 fully saturated rings. The van der Waals surface area contributed by atoms with Crippen molar-refractivity contribution in [2.45, 2.75) is 24.8 Å². The number of aryl methyl sites for hydroxylation is 1. The molecule has 0 heterocycles. The van der Waals surface area contributed by atoms with Gasteiger partial charge in [0.25, 0.3) is 15.9 Å². The second-order valence-corrected chi connectivity index (χ2v) is 9.30. The van der Waals surface area contributed by atoms with Crippen LogP contribution in [0.1, 0.15) is 22.8 Å². The highest BCUT2D eigenvalue weighted by molar-refractivity contribution is 7.92. The zero-order chi connectivity index (χ0) is 22.4. The number of para-hydroxylation sites is 1. The van der Waals surface area contributed by atoms with Crippen LogP contribution in [0.3, 0.4) is 0 Å². The molecule has 31 heavy (non-hydrogen) atoms. The zero-order valence-corrected chi connectivity index (χ0v) is 18.6. The van der Waals surface area contributed by atoms with Crippen LogP contribution in [0.4, 0.5) is 5.69 Å². The van der Waals surface area contributed by atoms with Crippen molar-refractivity contribution in [1.29, 1.82) is 0 Å². The van der Waals surface area contributed by atoms with E-state index in [9.17, 15) is 13.2 Å². The maximum absolute atomic E-state index is 12.9. The fourth-order valence-electron chi connectivity index (χ4n) is 2.94. The molecule has 0 saturated carbocycles. The normalized spacial score (nSPS) is 12.1. The van der Waals surface area contributed by atoms with E-state index in [-0.39, 0.29) is 16.8 Å². The Bertz CT molecular complexity index is 1130. The number of nitrogens with zero attached hydrogens (tertiary/aromatic N) is 1. The first-order valence-corrected chi connectivity index (χ1v) is 11.4. The molecule has 162 valence electrons. The van der Waals surface area contributed by atoms with Crippen LogP contribution in [0.25, 0.3) is 0 Å². The molecular formula is C24H26N2O4S. The summed E-state index contributed by atoms with van der Waals surface area (Å²) < 4.78 is 32.7. The molecule has 0 aliphatic heterocycles. The summed E-state index contributed by atoms with van der Waals surface area (Å²) in [7, 11) is -2.26. The van der Waals surface area contributed by atoms with Crippen LogP contribution in [-0.2, 0) is 10.0 Å². The van der Waals surface area contributed by atoms with E-state index in [0.717, 1.165) is 11.3 Å². The Balaban J connectivity index is 1.68. The van der Waals surface area contributed by atoms with E-state index in [2.05, 4.69) is 5.32 Å². The van der Waals surface area contributed by atoms with E-state index in [4.69, 9.17) is 4.74 Å². The number of amides is 1. The number of anilines is 1. The number of carbonyl (C=O) groups is 1. The van der Waals surface area contributed by atoms with E-state index in [1.54, 1.807) is 48.5 Å². The van der Waals surface area contributed by atoms with Gasteiger partial charge in [-0.05, 0) is 56.3 Å². The van der Waals surface area contributed by atoms with Crippen molar-refractivity contribution >= 4 is 21.6 Å². The van der Waals surface area contributed by atoms with Crippen molar-refractivity contribution in [3.63, 3.8) is 0 Å². The van der Waals surface area contributed by atoms with Crippen LogP contribution in [-0.4, -0.2) is 34.0 Å². The molecule has 3 aromatic rings. The molecular weight excluding hydrogens is 412 g/mol. The number of sulfonamides is 1. The lowest BCUT2D eigenvalue weighted by molar-refractivity contribution is 0.0926. The van der Waals surface area contributed by atoms with Crippen LogP contribution in [0.2, 0.25) is 0 Å². The molecule has 0 aliphatic rings. The summed E-state index contributed by atoms with van der Waals surface area (Å²) in [5.74, 6) is 0.431. The fourth-order valence-corrected chi connectivity index (χ4v) is 4.12. The third-order valence-corrected chi connectivity index (χ3v) is 6.57. The maximum atomic E-state index is 12.9. The molecule has 6 nitrogen and oxygen atoms in total. The highest BCUT2D eigenvalue weighted by Crippen LogP contribution is 2.23. The van der Waals surface area contributed by atoms with Crippen molar-refractivity contribution in [3.05, 3.63) is 90.0 Å². The van der Waals surface area contributed by atoms with Gasteiger partial charge in [-0.2, -0.15) is 0 Å². The first kappa shape index (κ1) is 22.4. The molecule has 1 atom stereocenters. The highest BCUT2D eigenvalue weighted by Gasteiger charge is 2.22. The largest absolute Gasteiger partial charge is 0.491 e. The number of benzene rings is 3. The van der Waals surface area contributed by atoms with Gasteiger partial charge in [0.05, 0.1) is 16.6 Å². The summed E-state index contributed by atoms with van der Waals surface area (Å²) in [6.45, 7) is 4.06. The lowest BCUT2D eigenvalue weighted by atomic mass is 10.2. The van der Waals surface area contributed by atoms with E-state index in [1.807, 2.05) is 44.2 Å². The Morgan fingerprint density at radius 2 is 1.68 bits per heavy atom. The van der Waals surface area contributed by atoms with Gasteiger partial charge in [-0.3, -0.25) is 9.10 Å². The standard InChI is InChI=1S/C24H26N2O4S/c1-18-12-14-23(15-13-18)31(28,29)26(3)21-9-7-8-20(16-21)24(27)25-19(2)17-30-22-10-5-4-6-11-22/h4-16,19H,17H2,1-3H3,(H,25,27). The van der Waals surface area contributed by atoms with Gasteiger partial charge in [-0.15, -0.1) is 0 Å². The summed E-state index contributed by atoms with van der Waals surface area (Å²) in [5.41, 5.74) is 1.75. The third-order valence-electron chi connectivity index (χ3n) is 4.77. The Morgan fingerprint density at radius 3 is 2.35 bits per heavy atom. The molecule has 3 rings (SSSR count). The minimum Gasteiger partial charge on any atom is -0.491 e. The van der Waals surface area contributed by atoms with Crippen LogP contribution < -0.4 is 14.4 Å². The molecule has 0 aromatic heterocycles. The van der Waals surface area contributed by atoms with Gasteiger partial charge in [-0.25, -0.2) is 8.42 Å². The summed E-state index contributed by atoms with van der Waals surface area (Å²) >= 11 is 0. The zero-order valence-electron chi connectivity index (χ0n) is 17.8. The van der Waals surface area contributed by atoms with Crippen LogP contribution in [0, 0.1) is 6.92 Å². The number of hydrogen-bond donors (Lipinski definition) is 1. The van der Waals surface area contributed by atoms with Crippen LogP contribution >= 0.6 is 0 Å². The molecule has 0 radical (unpaired) electrons. The smallest absolute Gasteiger partial charge is 0.264 e. The van der Waals surface area contributed by atoms with Crippen molar-refractivity contribution in [2.75, 3.05) is 18.0 Å². The lowest BCUT2D eigenvalue weighted by Gasteiger charge is -2.20. The average Bonchev–Trinajstić information content (AvgIpc) is 2.78. The second-order valence-electron chi connectivity index (χ2n) is 7.33. The predicted molar refractivity (Wildman–Crippen MR) is 122 cm³/mol. The van der Waals surface area contributed by atoms with Gasteiger partial charge in [0, 0.05) is 12.6 Å². The summed E-state index contributed by atoms with van der Waals surface area (Å²) in [4.78, 5) is 12.9. The third kappa shape index (κ3) is 5.64. The van der Waals surface area contributed by atoms with Crippen LogP contribution in [0.15, 0.2) is 83.8 Å². The summed E-state index contributed by atoms with van der Waals surface area (Å²) in [5, 5.41) is 2.88. The molecule has 0 spiro atoms. The van der Waals surface area contributed by atoms with Crippen molar-refractivity contribution in [1.82, 2.24) is 5.32 Å². The SMILES string of the molecule is Cc1ccc(S(=O)(=O)N(C)c2cccc(C(=O)NC(C)COc3ccccc3)c2)cc1. The lowest BCUT2D eigenvalue weighted by Crippen LogP contribution is -2.37. The second kappa shape index (κ2) is 9.66. The number of ether oxygens (including phenoxy) is 1. The minimum atomic E-state index is -3.73. The molecule has 0 aliphatic carbocycles. The number of carbonyl (C=O) groups excluding carboxylic acids is 1. The van der Waals surface area contributed by atoms with Gasteiger partial charge in [0.1, 0.15) is 12.4 Å². The Labute approximate surface area is 183 Å². The topological polar surface area (TPSA) is 75.7 Å². The summed E-state index contributed by atoms with van der Waals surface area (Å²) in [6, 6.07) is 22.3. The van der Waals surface area contributed by atoms with Crippen LogP contribution in [0.5, 0.6) is 5.75 Å². The van der Waals surface area contributed by atoms with E-state index < -0.39 is 10.0 Å². The summed E-state index contributed by atoms with van der Waals surface area (Å²) in [6.07, 6.45) is 0. The molecule has 1 N–H and O–H groups in total. The molecule has 1 unspecified atom stereocenters. The van der Waals surface area contributed by atoms with E-state index in [0.29, 0.717) is 17.9 Å². The van der Waals surface area contributed by atoms with Gasteiger partial charge in [-0.1, -0.05) is 42.0 Å². The van der Waals surface area contributed by atoms with E-state index in [1.165, 1.54) is 11.4 Å². The Morgan fingerprint density at radius 1 is 1.00 bits per heavy atom. The highest BCUT2D eigenvalue weighted by atomic mass is 32.2. The number of hydrogen-bond acceptors (Lipinski definition) is 4. The molecule has 3 aromatic carbocycles. The molecule has 0 saturated heterocycles. The quantitative estimate of drug-likeness (QED) is 0.576. The molecule has 7 heteroatoms. The van der Waals surface area contributed by atoms with E-state index >= 15 is 0 Å². The van der Waals surface area contributed by atoms with Gasteiger partial charge in [0.2, 0.25) is 0 Å². The average molecular weight is 439 g/mol. The van der Waals surface area contributed by atoms with Crippen molar-refractivity contribution in [3.8, 4) is 5.75 Å². The fraction of sp³-hybridized carbons (Fsp3) is 0.208. The van der Waals surface area contributed by atoms with Gasteiger partial charge in [0.15, 0.2) is 0 Å². The van der Waals surface area contributed by atoms with Gasteiger partial charge >= 0.3 is 0 Å². The first-order chi connectivity index (χ1) is 14.8. The molecule has 0 bridgehead atoms.